The number of benzene rings is 10. The number of aryl methyl sites for hydroxylation is 4. The van der Waals surface area contributed by atoms with Gasteiger partial charge in [-0.05, 0) is 234 Å². The summed E-state index contributed by atoms with van der Waals surface area (Å²) in [6.07, 6.45) is 0. The van der Waals surface area contributed by atoms with Gasteiger partial charge in [0.2, 0.25) is 0 Å². The lowest BCUT2D eigenvalue weighted by atomic mass is 9.80. The minimum Gasteiger partial charge on any atom is -0.508 e. The third-order valence-corrected chi connectivity index (χ3v) is 14.4. The van der Waals surface area contributed by atoms with Crippen LogP contribution in [0, 0.1) is 27.7 Å². The van der Waals surface area contributed by atoms with Crippen LogP contribution in [0.5, 0.6) is 69.0 Å². The van der Waals surface area contributed by atoms with Gasteiger partial charge in [-0.1, -0.05) is 66.7 Å². The number of phenolic OH excluding ortho intramolecular Hbond substituents is 4. The maximum absolute atomic E-state index is 9.97. The molecule has 0 radical (unpaired) electrons. The van der Waals surface area contributed by atoms with Crippen LogP contribution in [0.3, 0.4) is 0 Å². The van der Waals surface area contributed by atoms with Gasteiger partial charge in [0, 0.05) is 17.0 Å². The lowest BCUT2D eigenvalue weighted by Gasteiger charge is -2.28. The number of phenols is 4. The van der Waals surface area contributed by atoms with Gasteiger partial charge in [0.1, 0.15) is 122 Å². The van der Waals surface area contributed by atoms with Crippen molar-refractivity contribution in [1.82, 2.24) is 0 Å². The molecular formula is C73H68O12. The Bertz CT molecular complexity index is 3580. The molecule has 0 aliphatic heterocycles. The Morgan fingerprint density at radius 2 is 0.576 bits per heavy atom. The highest BCUT2D eigenvalue weighted by atomic mass is 16.5. The molecule has 0 unspecified atom stereocenters. The fraction of sp³-hybridized carbons (Fsp3) is 0.178. The van der Waals surface area contributed by atoms with Gasteiger partial charge in [-0.2, -0.15) is 0 Å². The Morgan fingerprint density at radius 3 is 0.929 bits per heavy atom. The van der Waals surface area contributed by atoms with Gasteiger partial charge in [0.15, 0.2) is 0 Å². The molecule has 0 saturated heterocycles. The molecule has 0 saturated carbocycles. The third kappa shape index (κ3) is 15.3. The van der Waals surface area contributed by atoms with Gasteiger partial charge in [-0.25, -0.2) is 0 Å². The van der Waals surface area contributed by atoms with Crippen LogP contribution in [0.4, 0.5) is 0 Å². The molecule has 0 fully saturated rings. The molecule has 0 bridgehead atoms. The van der Waals surface area contributed by atoms with Crippen molar-refractivity contribution in [3.63, 3.8) is 0 Å². The number of aromatic hydroxyl groups is 4. The Kier molecular flexibility index (Phi) is 18.9. The van der Waals surface area contributed by atoms with Gasteiger partial charge in [0.05, 0.1) is 0 Å². The minimum atomic E-state index is -0.488. The maximum atomic E-state index is 9.97. The fourth-order valence-corrected chi connectivity index (χ4v) is 10.2. The summed E-state index contributed by atoms with van der Waals surface area (Å²) >= 11 is 0. The van der Waals surface area contributed by atoms with Crippen molar-refractivity contribution in [1.29, 1.82) is 0 Å². The normalized spacial score (nSPS) is 11.0. The molecular weight excluding hydrogens is 1070 g/mol. The van der Waals surface area contributed by atoms with Crippen LogP contribution in [0.25, 0.3) is 33.4 Å². The number of hydrogen-bond acceptors (Lipinski definition) is 12. The van der Waals surface area contributed by atoms with Crippen molar-refractivity contribution in [2.24, 2.45) is 0 Å². The van der Waals surface area contributed by atoms with Crippen molar-refractivity contribution < 1.29 is 58.3 Å². The lowest BCUT2D eigenvalue weighted by Crippen LogP contribution is -2.15. The lowest BCUT2D eigenvalue weighted by molar-refractivity contribution is 0.213. The molecule has 10 rings (SSSR count). The first-order valence-electron chi connectivity index (χ1n) is 28.3. The van der Waals surface area contributed by atoms with Crippen LogP contribution in [0.1, 0.15) is 44.9 Å². The van der Waals surface area contributed by atoms with E-state index in [9.17, 15) is 20.4 Å². The Morgan fingerprint density at radius 1 is 0.271 bits per heavy atom. The maximum Gasteiger partial charge on any atom is 0.126 e. The second kappa shape index (κ2) is 27.7. The highest BCUT2D eigenvalue weighted by Gasteiger charge is 2.29. The molecule has 10 aromatic carbocycles. The van der Waals surface area contributed by atoms with Gasteiger partial charge < -0.3 is 58.3 Å². The first-order valence-corrected chi connectivity index (χ1v) is 28.3. The molecule has 0 aliphatic rings. The first-order chi connectivity index (χ1) is 41.4. The molecule has 4 N–H and O–H groups in total. The summed E-state index contributed by atoms with van der Waals surface area (Å²) in [5, 5.41) is 39.3. The van der Waals surface area contributed by atoms with Crippen molar-refractivity contribution in [2.45, 2.75) is 33.6 Å². The Labute approximate surface area is 496 Å². The van der Waals surface area contributed by atoms with E-state index in [4.69, 9.17) is 37.9 Å². The summed E-state index contributed by atoms with van der Waals surface area (Å²) < 4.78 is 50.5. The zero-order valence-corrected chi connectivity index (χ0v) is 48.0. The summed E-state index contributed by atoms with van der Waals surface area (Å²) in [4.78, 5) is 0. The van der Waals surface area contributed by atoms with E-state index in [0.717, 1.165) is 83.8 Å². The molecule has 10 aromatic rings. The highest BCUT2D eigenvalue weighted by Crippen LogP contribution is 2.47. The Hall–Kier alpha value is -10.2. The van der Waals surface area contributed by atoms with E-state index >= 15 is 0 Å². The van der Waals surface area contributed by atoms with E-state index in [-0.39, 0.29) is 49.4 Å². The monoisotopic (exact) mass is 1140 g/mol. The largest absolute Gasteiger partial charge is 0.508 e. The van der Waals surface area contributed by atoms with Gasteiger partial charge in [0.25, 0.3) is 0 Å². The first kappa shape index (κ1) is 58.0. The third-order valence-electron chi connectivity index (χ3n) is 14.4. The molecule has 0 aliphatic carbocycles. The average molecular weight is 1140 g/mol. The molecule has 12 heteroatoms. The molecule has 0 aromatic heterocycles. The van der Waals surface area contributed by atoms with Gasteiger partial charge in [-0.3, -0.25) is 0 Å². The van der Waals surface area contributed by atoms with E-state index < -0.39 is 5.92 Å². The van der Waals surface area contributed by atoms with Crippen molar-refractivity contribution in [3.05, 3.63) is 251 Å². The number of hydrogen-bond donors (Lipinski definition) is 4. The van der Waals surface area contributed by atoms with Crippen LogP contribution < -0.4 is 37.9 Å². The van der Waals surface area contributed by atoms with Crippen molar-refractivity contribution in [2.75, 3.05) is 52.9 Å². The zero-order chi connectivity index (χ0) is 59.1. The second-order valence-corrected chi connectivity index (χ2v) is 20.6. The zero-order valence-electron chi connectivity index (χ0n) is 48.0. The number of rotatable bonds is 26. The van der Waals surface area contributed by atoms with Gasteiger partial charge in [-0.15, -0.1) is 0 Å². The second-order valence-electron chi connectivity index (χ2n) is 20.6. The van der Waals surface area contributed by atoms with Crippen LogP contribution in [0.15, 0.2) is 212 Å². The fourth-order valence-electron chi connectivity index (χ4n) is 10.2. The van der Waals surface area contributed by atoms with E-state index in [1.165, 1.54) is 0 Å². The van der Waals surface area contributed by atoms with E-state index in [2.05, 4.69) is 98.8 Å². The smallest absolute Gasteiger partial charge is 0.126 e. The van der Waals surface area contributed by atoms with E-state index in [1.54, 1.807) is 97.1 Å². The molecule has 0 atom stereocenters. The topological polar surface area (TPSA) is 155 Å². The molecule has 0 heterocycles. The highest BCUT2D eigenvalue weighted by molar-refractivity contribution is 5.75. The molecule has 85 heavy (non-hydrogen) atoms. The van der Waals surface area contributed by atoms with E-state index in [0.29, 0.717) is 60.9 Å². The quantitative estimate of drug-likeness (QED) is 0.0301. The average Bonchev–Trinajstić information content (AvgIpc) is 1.66. The summed E-state index contributed by atoms with van der Waals surface area (Å²) in [5.41, 5.74) is 12.5. The predicted octanol–water partition coefficient (Wildman–Crippen LogP) is 15.8. The SMILES string of the molecule is Cc1cc(-c2cc(C)c(OCCOc3ccc(O)cc3)c(C(c3ccc(-c4ccccc4)cc3)c3cc(-c4ccc(OCCOc5ccc(O)cc5)c(C)c4)cc(C)c3OCCOc3ccc(O)cc3)c2)ccc1OCCOc1ccc(O)cc1. The summed E-state index contributed by atoms with van der Waals surface area (Å²) in [6, 6.07) is 66.7. The van der Waals surface area contributed by atoms with Gasteiger partial charge >= 0.3 is 0 Å². The van der Waals surface area contributed by atoms with Crippen LogP contribution in [-0.4, -0.2) is 73.3 Å². The van der Waals surface area contributed by atoms with E-state index in [1.807, 2.05) is 44.2 Å². The molecule has 0 spiro atoms. The Balaban J connectivity index is 1.06. The predicted molar refractivity (Wildman–Crippen MR) is 332 cm³/mol. The van der Waals surface area contributed by atoms with Crippen molar-refractivity contribution >= 4 is 0 Å². The standard InChI is InChI=1S/C73H68O12/c1-48-42-55(14-32-69(48)82-38-34-78-63-24-16-59(74)17-25-63)57-44-50(3)72(84-40-36-80-65-28-20-61(76)21-29-65)67(46-57)71(54-12-10-53(11-13-54)52-8-6-5-7-9-52)68-47-58(45-51(4)73(68)85-41-37-81-66-30-22-62(77)23-31-66)56-15-33-70(49(2)43-56)83-39-35-79-64-26-18-60(75)19-27-64/h5-33,42-47,71,74-77H,34-41H2,1-4H3. The van der Waals surface area contributed by atoms with Crippen LogP contribution >= 0.6 is 0 Å². The molecule has 0 amide bonds. The minimum absolute atomic E-state index is 0.152. The van der Waals surface area contributed by atoms with Crippen LogP contribution in [0.2, 0.25) is 0 Å². The summed E-state index contributed by atoms with van der Waals surface area (Å²) in [7, 11) is 0. The summed E-state index contributed by atoms with van der Waals surface area (Å²) in [6.45, 7) is 10.4. The summed E-state index contributed by atoms with van der Waals surface area (Å²) in [5.74, 6) is 5.52. The molecule has 432 valence electrons. The number of ether oxygens (including phenoxy) is 8. The molecule has 12 nitrogen and oxygen atoms in total. The van der Waals surface area contributed by atoms with Crippen LogP contribution in [-0.2, 0) is 0 Å². The van der Waals surface area contributed by atoms with Crippen molar-refractivity contribution in [3.8, 4) is 102 Å².